The van der Waals surface area contributed by atoms with Gasteiger partial charge in [-0.05, 0) is 6.07 Å². The zero-order chi connectivity index (χ0) is 11.7. The molecular formula is C13H8N4. The van der Waals surface area contributed by atoms with Crippen LogP contribution >= 0.6 is 0 Å². The van der Waals surface area contributed by atoms with Gasteiger partial charge in [0.1, 0.15) is 6.07 Å². The van der Waals surface area contributed by atoms with Crippen LogP contribution in [0.1, 0.15) is 5.56 Å². The zero-order valence-electron chi connectivity index (χ0n) is 8.88. The number of aromatic nitrogens is 3. The van der Waals surface area contributed by atoms with Gasteiger partial charge in [0.15, 0.2) is 0 Å². The lowest BCUT2D eigenvalue weighted by molar-refractivity contribution is 1.03. The first kappa shape index (κ1) is 9.55. The van der Waals surface area contributed by atoms with Crippen LogP contribution in [0.4, 0.5) is 0 Å². The Labute approximate surface area is 97.5 Å². The van der Waals surface area contributed by atoms with Gasteiger partial charge in [-0.2, -0.15) is 15.5 Å². The summed E-state index contributed by atoms with van der Waals surface area (Å²) in [5.41, 5.74) is 3.36. The number of rotatable bonds is 1. The Bertz CT molecular complexity index is 721. The Kier molecular flexibility index (Phi) is 2.09. The second-order valence-electron chi connectivity index (χ2n) is 3.68. The van der Waals surface area contributed by atoms with Crippen molar-refractivity contribution >= 4 is 10.9 Å². The zero-order valence-corrected chi connectivity index (χ0v) is 8.88. The van der Waals surface area contributed by atoms with E-state index in [0.717, 1.165) is 22.0 Å². The van der Waals surface area contributed by atoms with Crippen LogP contribution in [0.15, 0.2) is 42.9 Å². The van der Waals surface area contributed by atoms with Crippen molar-refractivity contribution in [2.24, 2.45) is 0 Å². The van der Waals surface area contributed by atoms with Gasteiger partial charge in [-0.15, -0.1) is 0 Å². The number of benzene rings is 1. The SMILES string of the molecule is N#Cc1cnncc1-c1c[nH]c2ccccc12. The first-order chi connectivity index (χ1) is 8.40. The van der Waals surface area contributed by atoms with E-state index in [0.29, 0.717) is 5.56 Å². The van der Waals surface area contributed by atoms with Crippen molar-refractivity contribution in [3.8, 4) is 17.2 Å². The third-order valence-electron chi connectivity index (χ3n) is 2.73. The van der Waals surface area contributed by atoms with Crippen LogP contribution < -0.4 is 0 Å². The molecule has 1 aromatic carbocycles. The third kappa shape index (κ3) is 1.45. The number of nitrogens with zero attached hydrogens (tertiary/aromatic N) is 3. The summed E-state index contributed by atoms with van der Waals surface area (Å²) in [4.78, 5) is 3.18. The number of para-hydroxylation sites is 1. The van der Waals surface area contributed by atoms with E-state index in [4.69, 9.17) is 5.26 Å². The fourth-order valence-corrected chi connectivity index (χ4v) is 1.92. The smallest absolute Gasteiger partial charge is 0.102 e. The van der Waals surface area contributed by atoms with Gasteiger partial charge in [-0.25, -0.2) is 0 Å². The minimum absolute atomic E-state index is 0.532. The highest BCUT2D eigenvalue weighted by Gasteiger charge is 2.10. The van der Waals surface area contributed by atoms with Crippen molar-refractivity contribution in [3.05, 3.63) is 48.4 Å². The van der Waals surface area contributed by atoms with E-state index in [1.165, 1.54) is 6.20 Å². The average molecular weight is 220 g/mol. The molecule has 0 amide bonds. The molecule has 3 rings (SSSR count). The standard InChI is InChI=1S/C13H8N4/c14-5-9-6-16-17-8-11(9)12-7-15-13-4-2-1-3-10(12)13/h1-4,6-8,15H. The lowest BCUT2D eigenvalue weighted by atomic mass is 10.0. The number of hydrogen-bond acceptors (Lipinski definition) is 3. The van der Waals surface area contributed by atoms with Crippen molar-refractivity contribution in [2.45, 2.75) is 0 Å². The molecule has 0 radical (unpaired) electrons. The molecule has 2 aromatic heterocycles. The number of nitriles is 1. The van der Waals surface area contributed by atoms with Crippen LogP contribution in [-0.4, -0.2) is 15.2 Å². The molecule has 0 aliphatic carbocycles. The van der Waals surface area contributed by atoms with Gasteiger partial charge in [0.2, 0.25) is 0 Å². The van der Waals surface area contributed by atoms with Crippen LogP contribution in [0, 0.1) is 11.3 Å². The van der Waals surface area contributed by atoms with E-state index < -0.39 is 0 Å². The number of H-pyrrole nitrogens is 1. The van der Waals surface area contributed by atoms with E-state index in [2.05, 4.69) is 21.3 Å². The van der Waals surface area contributed by atoms with Gasteiger partial charge in [-0.1, -0.05) is 18.2 Å². The molecule has 1 N–H and O–H groups in total. The highest BCUT2D eigenvalue weighted by molar-refractivity contribution is 5.96. The maximum atomic E-state index is 9.06. The molecule has 17 heavy (non-hydrogen) atoms. The Morgan fingerprint density at radius 1 is 1.06 bits per heavy atom. The van der Waals surface area contributed by atoms with E-state index in [1.54, 1.807) is 6.20 Å². The third-order valence-corrected chi connectivity index (χ3v) is 2.73. The van der Waals surface area contributed by atoms with Gasteiger partial charge in [-0.3, -0.25) is 0 Å². The van der Waals surface area contributed by atoms with Gasteiger partial charge in [0.25, 0.3) is 0 Å². The monoisotopic (exact) mass is 220 g/mol. The second kappa shape index (κ2) is 3.72. The minimum atomic E-state index is 0.532. The van der Waals surface area contributed by atoms with Crippen LogP contribution in [0.3, 0.4) is 0 Å². The van der Waals surface area contributed by atoms with E-state index >= 15 is 0 Å². The van der Waals surface area contributed by atoms with Gasteiger partial charge >= 0.3 is 0 Å². The number of hydrogen-bond donors (Lipinski definition) is 1. The second-order valence-corrected chi connectivity index (χ2v) is 3.68. The molecule has 4 nitrogen and oxygen atoms in total. The predicted molar refractivity (Wildman–Crippen MR) is 64.0 cm³/mol. The first-order valence-electron chi connectivity index (χ1n) is 5.17. The summed E-state index contributed by atoms with van der Waals surface area (Å²) >= 11 is 0. The fraction of sp³-hybridized carbons (Fsp3) is 0. The molecule has 0 bridgehead atoms. The summed E-state index contributed by atoms with van der Waals surface area (Å²) in [5.74, 6) is 0. The molecule has 0 fully saturated rings. The highest BCUT2D eigenvalue weighted by atomic mass is 15.1. The molecule has 0 atom stereocenters. The lowest BCUT2D eigenvalue weighted by Gasteiger charge is -2.00. The molecule has 0 saturated heterocycles. The minimum Gasteiger partial charge on any atom is -0.361 e. The summed E-state index contributed by atoms with van der Waals surface area (Å²) in [6, 6.07) is 10.1. The Hall–Kier alpha value is -2.67. The molecule has 2 heterocycles. The molecule has 4 heteroatoms. The molecule has 0 aliphatic heterocycles. The van der Waals surface area contributed by atoms with Crippen LogP contribution in [-0.2, 0) is 0 Å². The Balaban J connectivity index is 2.32. The first-order valence-corrected chi connectivity index (χ1v) is 5.17. The number of aromatic amines is 1. The summed E-state index contributed by atoms with van der Waals surface area (Å²) in [6.07, 6.45) is 4.99. The van der Waals surface area contributed by atoms with Crippen molar-refractivity contribution < 1.29 is 0 Å². The van der Waals surface area contributed by atoms with Gasteiger partial charge < -0.3 is 4.98 Å². The molecule has 0 aliphatic rings. The van der Waals surface area contributed by atoms with Gasteiger partial charge in [0, 0.05) is 28.2 Å². The predicted octanol–water partition coefficient (Wildman–Crippen LogP) is 2.50. The van der Waals surface area contributed by atoms with Crippen LogP contribution in [0.5, 0.6) is 0 Å². The molecule has 0 spiro atoms. The quantitative estimate of drug-likeness (QED) is 0.685. The van der Waals surface area contributed by atoms with Crippen molar-refractivity contribution in [1.82, 2.24) is 15.2 Å². The van der Waals surface area contributed by atoms with Crippen LogP contribution in [0.2, 0.25) is 0 Å². The Morgan fingerprint density at radius 2 is 1.88 bits per heavy atom. The van der Waals surface area contributed by atoms with E-state index in [9.17, 15) is 0 Å². The largest absolute Gasteiger partial charge is 0.361 e. The van der Waals surface area contributed by atoms with Crippen molar-refractivity contribution in [1.29, 1.82) is 5.26 Å². The number of fused-ring (bicyclic) bond motifs is 1. The molecule has 3 aromatic rings. The topological polar surface area (TPSA) is 65.4 Å². The van der Waals surface area contributed by atoms with Gasteiger partial charge in [0.05, 0.1) is 18.0 Å². The summed E-state index contributed by atoms with van der Waals surface area (Å²) in [6.45, 7) is 0. The number of nitrogens with one attached hydrogen (secondary N) is 1. The van der Waals surface area contributed by atoms with Crippen molar-refractivity contribution in [3.63, 3.8) is 0 Å². The van der Waals surface area contributed by atoms with Crippen LogP contribution in [0.25, 0.3) is 22.0 Å². The van der Waals surface area contributed by atoms with E-state index in [-0.39, 0.29) is 0 Å². The molecule has 0 unspecified atom stereocenters. The average Bonchev–Trinajstić information content (AvgIpc) is 2.82. The summed E-state index contributed by atoms with van der Waals surface area (Å²) in [5, 5.41) is 17.7. The maximum Gasteiger partial charge on any atom is 0.102 e. The lowest BCUT2D eigenvalue weighted by Crippen LogP contribution is -1.88. The molecular weight excluding hydrogens is 212 g/mol. The Morgan fingerprint density at radius 3 is 2.76 bits per heavy atom. The van der Waals surface area contributed by atoms with Crippen molar-refractivity contribution in [2.75, 3.05) is 0 Å². The maximum absolute atomic E-state index is 9.06. The highest BCUT2D eigenvalue weighted by Crippen LogP contribution is 2.29. The summed E-state index contributed by atoms with van der Waals surface area (Å²) < 4.78 is 0. The molecule has 0 saturated carbocycles. The molecule has 80 valence electrons. The normalized spacial score (nSPS) is 10.3. The summed E-state index contributed by atoms with van der Waals surface area (Å²) in [7, 11) is 0. The fourth-order valence-electron chi connectivity index (χ4n) is 1.92. The van der Waals surface area contributed by atoms with E-state index in [1.807, 2.05) is 30.5 Å².